The maximum absolute atomic E-state index is 12.5. The minimum absolute atomic E-state index is 0.0510. The molecule has 0 bridgehead atoms. The summed E-state index contributed by atoms with van der Waals surface area (Å²) in [4.78, 5) is 12.5. The highest BCUT2D eigenvalue weighted by Crippen LogP contribution is 2.25. The van der Waals surface area contributed by atoms with Crippen LogP contribution in [0.3, 0.4) is 0 Å². The van der Waals surface area contributed by atoms with Gasteiger partial charge in [-0.2, -0.15) is 0 Å². The van der Waals surface area contributed by atoms with Crippen LogP contribution in [0, 0.1) is 0 Å². The van der Waals surface area contributed by atoms with Crippen molar-refractivity contribution < 1.29 is 35.9 Å². The van der Waals surface area contributed by atoms with Crippen molar-refractivity contribution in [2.24, 2.45) is 0 Å². The predicted octanol–water partition coefficient (Wildman–Crippen LogP) is 5.20. The van der Waals surface area contributed by atoms with Gasteiger partial charge in [-0.1, -0.05) is 12.1 Å². The topological polar surface area (TPSA) is 84.9 Å². The average Bonchev–Trinajstić information content (AvgIpc) is 2.78. The van der Waals surface area contributed by atoms with Crippen molar-refractivity contribution in [2.45, 2.75) is 19.8 Å². The third kappa shape index (κ3) is 7.64. The van der Waals surface area contributed by atoms with Crippen molar-refractivity contribution in [3.8, 4) is 11.5 Å². The summed E-state index contributed by atoms with van der Waals surface area (Å²) in [7, 11) is -3.59. The second kappa shape index (κ2) is 10.7. The van der Waals surface area contributed by atoms with Gasteiger partial charge >= 0.3 is 6.36 Å². The van der Waals surface area contributed by atoms with Crippen LogP contribution in [0.1, 0.15) is 22.8 Å². The van der Waals surface area contributed by atoms with Crippen LogP contribution in [0.4, 0.5) is 24.5 Å². The second-order valence-electron chi connectivity index (χ2n) is 7.42. The summed E-state index contributed by atoms with van der Waals surface area (Å²) in [6, 6.07) is 17.7. The molecule has 3 rings (SSSR count). The lowest BCUT2D eigenvalue weighted by atomic mass is 10.1. The number of anilines is 2. The number of sulfonamides is 1. The number of nitrogens with zero attached hydrogens (tertiary/aromatic N) is 1. The molecule has 0 aromatic heterocycles. The Morgan fingerprint density at radius 1 is 0.914 bits per heavy atom. The second-order valence-corrected chi connectivity index (χ2v) is 9.33. The Kier molecular flexibility index (Phi) is 7.90. The summed E-state index contributed by atoms with van der Waals surface area (Å²) < 4.78 is 72.0. The van der Waals surface area contributed by atoms with Gasteiger partial charge < -0.3 is 14.8 Å². The molecule has 0 fully saturated rings. The van der Waals surface area contributed by atoms with Gasteiger partial charge in [0.15, 0.2) is 0 Å². The lowest BCUT2D eigenvalue weighted by Gasteiger charge is -2.23. The van der Waals surface area contributed by atoms with Gasteiger partial charge in [0.1, 0.15) is 11.5 Å². The highest BCUT2D eigenvalue weighted by Gasteiger charge is 2.31. The Balaban J connectivity index is 1.68. The van der Waals surface area contributed by atoms with E-state index < -0.39 is 28.0 Å². The van der Waals surface area contributed by atoms with E-state index in [-0.39, 0.29) is 17.8 Å². The van der Waals surface area contributed by atoms with Crippen LogP contribution in [-0.2, 0) is 16.6 Å². The molecule has 0 heterocycles. The number of ether oxygens (including phenoxy) is 2. The van der Waals surface area contributed by atoms with E-state index >= 15 is 0 Å². The van der Waals surface area contributed by atoms with Crippen molar-refractivity contribution >= 4 is 27.3 Å². The normalized spacial score (nSPS) is 11.6. The Morgan fingerprint density at radius 2 is 1.49 bits per heavy atom. The van der Waals surface area contributed by atoms with Crippen LogP contribution in [0.15, 0.2) is 72.8 Å². The predicted molar refractivity (Wildman–Crippen MR) is 126 cm³/mol. The van der Waals surface area contributed by atoms with Crippen LogP contribution < -0.4 is 19.1 Å². The van der Waals surface area contributed by atoms with E-state index in [4.69, 9.17) is 4.74 Å². The van der Waals surface area contributed by atoms with Gasteiger partial charge in [-0.15, -0.1) is 13.2 Å². The first kappa shape index (κ1) is 25.9. The van der Waals surface area contributed by atoms with Gasteiger partial charge in [-0.05, 0) is 73.2 Å². The standard InChI is InChI=1S/C24H23F3N2O5S/c1-3-33-21-14-10-20(11-15-21)29(35(2,31)32)16-17-4-6-18(7-5-17)23(30)28-19-8-12-22(13-9-19)34-24(25,26)27/h4-15H,3,16H2,1-2H3,(H,28,30). The summed E-state index contributed by atoms with van der Waals surface area (Å²) in [5.74, 6) is -0.252. The van der Waals surface area contributed by atoms with Crippen molar-refractivity contribution in [1.29, 1.82) is 0 Å². The molecule has 3 aromatic carbocycles. The van der Waals surface area contributed by atoms with Crippen molar-refractivity contribution in [1.82, 2.24) is 0 Å². The van der Waals surface area contributed by atoms with Crippen LogP contribution in [0.25, 0.3) is 0 Å². The molecule has 11 heteroatoms. The highest BCUT2D eigenvalue weighted by atomic mass is 32.2. The number of hydrogen-bond acceptors (Lipinski definition) is 5. The molecule has 0 aliphatic rings. The summed E-state index contributed by atoms with van der Waals surface area (Å²) in [5.41, 5.74) is 1.69. The molecular weight excluding hydrogens is 485 g/mol. The molecule has 1 amide bonds. The number of rotatable bonds is 9. The number of alkyl halides is 3. The fourth-order valence-corrected chi connectivity index (χ4v) is 4.03. The molecule has 0 unspecified atom stereocenters. The van der Waals surface area contributed by atoms with Gasteiger partial charge in [0, 0.05) is 11.3 Å². The molecule has 0 aliphatic carbocycles. The van der Waals surface area contributed by atoms with E-state index in [2.05, 4.69) is 10.1 Å². The van der Waals surface area contributed by atoms with Crippen molar-refractivity contribution in [3.63, 3.8) is 0 Å². The third-order valence-electron chi connectivity index (χ3n) is 4.72. The molecule has 0 saturated heterocycles. The molecule has 0 atom stereocenters. The molecule has 3 aromatic rings. The van der Waals surface area contributed by atoms with Gasteiger partial charge in [-0.3, -0.25) is 9.10 Å². The minimum atomic E-state index is -4.80. The molecule has 1 N–H and O–H groups in total. The molecular formula is C24H23F3N2O5S. The Bertz CT molecular complexity index is 1240. The Morgan fingerprint density at radius 3 is 2.00 bits per heavy atom. The van der Waals surface area contributed by atoms with Crippen LogP contribution in [-0.4, -0.2) is 33.5 Å². The first-order valence-electron chi connectivity index (χ1n) is 10.4. The number of amides is 1. The smallest absolute Gasteiger partial charge is 0.494 e. The van der Waals surface area contributed by atoms with E-state index in [1.165, 1.54) is 28.6 Å². The highest BCUT2D eigenvalue weighted by molar-refractivity contribution is 7.92. The van der Waals surface area contributed by atoms with Crippen LogP contribution in [0.2, 0.25) is 0 Å². The molecule has 0 radical (unpaired) electrons. The number of nitrogens with one attached hydrogen (secondary N) is 1. The SMILES string of the molecule is CCOc1ccc(N(Cc2ccc(C(=O)Nc3ccc(OC(F)(F)F)cc3)cc2)S(C)(=O)=O)cc1. The van der Waals surface area contributed by atoms with Gasteiger partial charge in [0.05, 0.1) is 25.1 Å². The van der Waals surface area contributed by atoms with E-state index in [0.717, 1.165) is 18.4 Å². The largest absolute Gasteiger partial charge is 0.573 e. The van der Waals surface area contributed by atoms with Gasteiger partial charge in [0.25, 0.3) is 5.91 Å². The molecule has 0 saturated carbocycles. The first-order valence-corrected chi connectivity index (χ1v) is 12.3. The lowest BCUT2D eigenvalue weighted by molar-refractivity contribution is -0.274. The molecule has 186 valence electrons. The minimum Gasteiger partial charge on any atom is -0.494 e. The third-order valence-corrected chi connectivity index (χ3v) is 5.86. The zero-order valence-electron chi connectivity index (χ0n) is 18.9. The number of hydrogen-bond donors (Lipinski definition) is 1. The van der Waals surface area contributed by atoms with E-state index in [0.29, 0.717) is 23.6 Å². The number of carbonyl (C=O) groups excluding carboxylic acids is 1. The summed E-state index contributed by atoms with van der Waals surface area (Å²) in [6.45, 7) is 2.39. The number of halogens is 3. The van der Waals surface area contributed by atoms with Crippen LogP contribution >= 0.6 is 0 Å². The summed E-state index contributed by atoms with van der Waals surface area (Å²) in [6.07, 6.45) is -3.69. The van der Waals surface area contributed by atoms with Gasteiger partial charge in [-0.25, -0.2) is 8.42 Å². The van der Waals surface area contributed by atoms with E-state index in [1.54, 1.807) is 36.4 Å². The number of benzene rings is 3. The average molecular weight is 509 g/mol. The fraction of sp³-hybridized carbons (Fsp3) is 0.208. The molecule has 7 nitrogen and oxygen atoms in total. The Labute approximate surface area is 201 Å². The van der Waals surface area contributed by atoms with Crippen molar-refractivity contribution in [3.05, 3.63) is 83.9 Å². The first-order chi connectivity index (χ1) is 16.4. The van der Waals surface area contributed by atoms with Crippen molar-refractivity contribution in [2.75, 3.05) is 22.5 Å². The van der Waals surface area contributed by atoms with E-state index in [9.17, 15) is 26.4 Å². The monoisotopic (exact) mass is 508 g/mol. The molecule has 0 spiro atoms. The summed E-state index contributed by atoms with van der Waals surface area (Å²) in [5, 5.41) is 2.58. The molecule has 35 heavy (non-hydrogen) atoms. The zero-order valence-corrected chi connectivity index (χ0v) is 19.7. The number of carbonyl (C=O) groups is 1. The zero-order chi connectivity index (χ0) is 25.6. The quantitative estimate of drug-likeness (QED) is 0.429. The maximum Gasteiger partial charge on any atom is 0.573 e. The van der Waals surface area contributed by atoms with Gasteiger partial charge in [0.2, 0.25) is 10.0 Å². The van der Waals surface area contributed by atoms with E-state index in [1.807, 2.05) is 6.92 Å². The summed E-state index contributed by atoms with van der Waals surface area (Å²) >= 11 is 0. The Hall–Kier alpha value is -3.73. The lowest BCUT2D eigenvalue weighted by Crippen LogP contribution is -2.29. The molecule has 0 aliphatic heterocycles. The van der Waals surface area contributed by atoms with Crippen LogP contribution in [0.5, 0.6) is 11.5 Å². The fourth-order valence-electron chi connectivity index (χ4n) is 3.15. The maximum atomic E-state index is 12.5.